The maximum absolute atomic E-state index is 10.1. The van der Waals surface area contributed by atoms with Gasteiger partial charge >= 0.3 is 5.97 Å². The van der Waals surface area contributed by atoms with Crippen LogP contribution in [0.3, 0.4) is 0 Å². The quantitative estimate of drug-likeness (QED) is 0.573. The van der Waals surface area contributed by atoms with Gasteiger partial charge in [-0.25, -0.2) is 9.78 Å². The van der Waals surface area contributed by atoms with Crippen LogP contribution in [0.5, 0.6) is 0 Å². The molecular formula is C8H10N2O2S. The van der Waals surface area contributed by atoms with Crippen LogP contribution in [0.4, 0.5) is 0 Å². The van der Waals surface area contributed by atoms with Crippen LogP contribution in [-0.2, 0) is 4.79 Å². The lowest BCUT2D eigenvalue weighted by atomic mass is 10.4. The van der Waals surface area contributed by atoms with Crippen molar-refractivity contribution in [3.8, 4) is 0 Å². The van der Waals surface area contributed by atoms with E-state index in [0.29, 0.717) is 5.16 Å². The number of nitrogens with zero attached hydrogens (tertiary/aromatic N) is 1. The van der Waals surface area contributed by atoms with Crippen molar-refractivity contribution in [2.24, 2.45) is 0 Å². The molecule has 1 aromatic heterocycles. The van der Waals surface area contributed by atoms with Crippen molar-refractivity contribution in [1.29, 1.82) is 0 Å². The van der Waals surface area contributed by atoms with Crippen LogP contribution in [0.15, 0.2) is 16.6 Å². The van der Waals surface area contributed by atoms with Gasteiger partial charge in [0.15, 0.2) is 5.16 Å². The number of aliphatic carboxylic acids is 1. The summed E-state index contributed by atoms with van der Waals surface area (Å²) in [5, 5.41) is 10.5. The molecule has 0 saturated heterocycles. The van der Waals surface area contributed by atoms with Gasteiger partial charge in [-0.3, -0.25) is 0 Å². The van der Waals surface area contributed by atoms with Gasteiger partial charge in [0.2, 0.25) is 0 Å². The van der Waals surface area contributed by atoms with Crippen LogP contribution < -0.4 is 0 Å². The predicted molar refractivity (Wildman–Crippen MR) is 50.7 cm³/mol. The Morgan fingerprint density at radius 3 is 2.77 bits per heavy atom. The van der Waals surface area contributed by atoms with Crippen LogP contribution in [0, 0.1) is 13.8 Å². The van der Waals surface area contributed by atoms with Gasteiger partial charge in [0.1, 0.15) is 0 Å². The number of hydrogen-bond donors (Lipinski definition) is 2. The summed E-state index contributed by atoms with van der Waals surface area (Å²) in [6, 6.07) is 0. The smallest absolute Gasteiger partial charge is 0.328 e. The topological polar surface area (TPSA) is 66.0 Å². The van der Waals surface area contributed by atoms with E-state index < -0.39 is 5.97 Å². The molecular weight excluding hydrogens is 188 g/mol. The maximum atomic E-state index is 10.1. The number of carbonyl (C=O) groups is 1. The summed E-state index contributed by atoms with van der Waals surface area (Å²) >= 11 is 1.26. The molecule has 2 N–H and O–H groups in total. The van der Waals surface area contributed by atoms with E-state index in [2.05, 4.69) is 9.97 Å². The van der Waals surface area contributed by atoms with Crippen LogP contribution in [0.25, 0.3) is 0 Å². The summed E-state index contributed by atoms with van der Waals surface area (Å²) in [4.78, 5) is 17.3. The molecule has 0 radical (unpaired) electrons. The Bertz CT molecular complexity index is 324. The van der Waals surface area contributed by atoms with Crippen molar-refractivity contribution >= 4 is 17.7 Å². The SMILES string of the molecule is Cc1nc(S/C=C/C(=O)O)[nH]c1C. The standard InChI is InChI=1S/C8H10N2O2S/c1-5-6(2)10-8(9-5)13-4-3-7(11)12/h3-4H,1-2H3,(H,9,10)(H,11,12)/b4-3+. The number of carboxylic acid groups (broad SMARTS) is 1. The molecule has 0 amide bonds. The second-order valence-corrected chi connectivity index (χ2v) is 3.41. The highest BCUT2D eigenvalue weighted by Gasteiger charge is 2.00. The number of aromatic amines is 1. The highest BCUT2D eigenvalue weighted by atomic mass is 32.2. The number of aryl methyl sites for hydroxylation is 2. The van der Waals surface area contributed by atoms with Crippen LogP contribution in [0.1, 0.15) is 11.4 Å². The fourth-order valence-corrected chi connectivity index (χ4v) is 1.44. The van der Waals surface area contributed by atoms with Crippen molar-refractivity contribution in [3.05, 3.63) is 22.9 Å². The molecule has 70 valence electrons. The summed E-state index contributed by atoms with van der Waals surface area (Å²) in [5.74, 6) is -0.951. The molecule has 0 fully saturated rings. The van der Waals surface area contributed by atoms with E-state index in [4.69, 9.17) is 5.11 Å². The van der Waals surface area contributed by atoms with Gasteiger partial charge in [0.25, 0.3) is 0 Å². The molecule has 0 atom stereocenters. The molecule has 5 heteroatoms. The third kappa shape index (κ3) is 2.95. The van der Waals surface area contributed by atoms with Crippen molar-refractivity contribution in [2.75, 3.05) is 0 Å². The number of H-pyrrole nitrogens is 1. The minimum absolute atomic E-state index is 0.715. The van der Waals surface area contributed by atoms with E-state index in [1.807, 2.05) is 13.8 Å². The monoisotopic (exact) mass is 198 g/mol. The average molecular weight is 198 g/mol. The van der Waals surface area contributed by atoms with E-state index in [1.54, 1.807) is 0 Å². The molecule has 4 nitrogen and oxygen atoms in total. The number of hydrogen-bond acceptors (Lipinski definition) is 3. The summed E-state index contributed by atoms with van der Waals surface area (Å²) in [6.07, 6.45) is 1.08. The van der Waals surface area contributed by atoms with Crippen molar-refractivity contribution < 1.29 is 9.90 Å². The zero-order valence-electron chi connectivity index (χ0n) is 7.37. The number of rotatable bonds is 3. The molecule has 0 aromatic carbocycles. The van der Waals surface area contributed by atoms with E-state index in [-0.39, 0.29) is 0 Å². The van der Waals surface area contributed by atoms with Gasteiger partial charge in [-0.05, 0) is 19.3 Å². The Morgan fingerprint density at radius 2 is 2.31 bits per heavy atom. The Kier molecular flexibility index (Phi) is 3.13. The number of imidazole rings is 1. The van der Waals surface area contributed by atoms with Gasteiger partial charge in [0.05, 0.1) is 5.69 Å². The van der Waals surface area contributed by atoms with Gasteiger partial charge in [-0.15, -0.1) is 0 Å². The Morgan fingerprint density at radius 1 is 1.62 bits per heavy atom. The van der Waals surface area contributed by atoms with Gasteiger partial charge in [0, 0.05) is 11.8 Å². The van der Waals surface area contributed by atoms with E-state index in [1.165, 1.54) is 17.2 Å². The number of aromatic nitrogens is 2. The zero-order valence-corrected chi connectivity index (χ0v) is 8.18. The van der Waals surface area contributed by atoms with Gasteiger partial charge < -0.3 is 10.1 Å². The molecule has 13 heavy (non-hydrogen) atoms. The Balaban J connectivity index is 2.60. The average Bonchev–Trinajstić information content (AvgIpc) is 2.30. The summed E-state index contributed by atoms with van der Waals surface area (Å²) in [7, 11) is 0. The first kappa shape index (κ1) is 9.85. The zero-order chi connectivity index (χ0) is 9.84. The minimum atomic E-state index is -0.951. The highest BCUT2D eigenvalue weighted by molar-refractivity contribution is 8.02. The molecule has 0 bridgehead atoms. The summed E-state index contributed by atoms with van der Waals surface area (Å²) in [6.45, 7) is 3.82. The fourth-order valence-electron chi connectivity index (χ4n) is 0.727. The van der Waals surface area contributed by atoms with E-state index >= 15 is 0 Å². The molecule has 0 aliphatic carbocycles. The van der Waals surface area contributed by atoms with Crippen molar-refractivity contribution in [2.45, 2.75) is 19.0 Å². The second-order valence-electron chi connectivity index (χ2n) is 2.51. The largest absolute Gasteiger partial charge is 0.478 e. The lowest BCUT2D eigenvalue weighted by Crippen LogP contribution is -1.84. The molecule has 1 heterocycles. The predicted octanol–water partition coefficient (Wildman–Crippen LogP) is 1.72. The normalized spacial score (nSPS) is 10.9. The lowest BCUT2D eigenvalue weighted by molar-refractivity contribution is -0.131. The van der Waals surface area contributed by atoms with Crippen LogP contribution >= 0.6 is 11.8 Å². The van der Waals surface area contributed by atoms with E-state index in [9.17, 15) is 4.79 Å². The second kappa shape index (κ2) is 4.13. The third-order valence-electron chi connectivity index (χ3n) is 1.50. The van der Waals surface area contributed by atoms with Crippen LogP contribution in [-0.4, -0.2) is 21.0 Å². The molecule has 0 saturated carbocycles. The van der Waals surface area contributed by atoms with Crippen molar-refractivity contribution in [3.63, 3.8) is 0 Å². The Hall–Kier alpha value is -1.23. The molecule has 1 aromatic rings. The molecule has 0 spiro atoms. The lowest BCUT2D eigenvalue weighted by Gasteiger charge is -1.85. The first-order valence-corrected chi connectivity index (χ1v) is 4.57. The first-order valence-electron chi connectivity index (χ1n) is 3.69. The highest BCUT2D eigenvalue weighted by Crippen LogP contribution is 2.16. The fraction of sp³-hybridized carbons (Fsp3) is 0.250. The Labute approximate surface area is 80.1 Å². The molecule has 1 rings (SSSR count). The van der Waals surface area contributed by atoms with Crippen molar-refractivity contribution in [1.82, 2.24) is 9.97 Å². The number of carboxylic acids is 1. The molecule has 0 aliphatic heterocycles. The molecule has 0 aliphatic rings. The van der Waals surface area contributed by atoms with Gasteiger partial charge in [-0.2, -0.15) is 0 Å². The molecule has 0 unspecified atom stereocenters. The maximum Gasteiger partial charge on any atom is 0.328 e. The summed E-state index contributed by atoms with van der Waals surface area (Å²) < 4.78 is 0. The third-order valence-corrected chi connectivity index (χ3v) is 2.19. The number of thioether (sulfide) groups is 1. The van der Waals surface area contributed by atoms with E-state index in [0.717, 1.165) is 17.5 Å². The summed E-state index contributed by atoms with van der Waals surface area (Å²) in [5.41, 5.74) is 1.94. The van der Waals surface area contributed by atoms with Gasteiger partial charge in [-0.1, -0.05) is 11.8 Å². The van der Waals surface area contributed by atoms with Crippen LogP contribution in [0.2, 0.25) is 0 Å². The minimum Gasteiger partial charge on any atom is -0.478 e. The first-order chi connectivity index (χ1) is 6.09. The number of nitrogens with one attached hydrogen (secondary N) is 1.